The van der Waals surface area contributed by atoms with Gasteiger partial charge in [0.25, 0.3) is 5.89 Å². The molecule has 0 aliphatic rings. The van der Waals surface area contributed by atoms with Gasteiger partial charge in [-0.3, -0.25) is 0 Å². The number of sulfonamides is 1. The molecule has 0 radical (unpaired) electrons. The molecule has 2 aromatic carbocycles. The molecule has 0 amide bonds. The molecule has 0 N–H and O–H groups in total. The van der Waals surface area contributed by atoms with Crippen LogP contribution in [0.15, 0.2) is 51.9 Å². The van der Waals surface area contributed by atoms with E-state index in [2.05, 4.69) is 10.1 Å². The quantitative estimate of drug-likeness (QED) is 0.467. The Morgan fingerprint density at radius 3 is 2.39 bits per heavy atom. The molecule has 0 aliphatic carbocycles. The summed E-state index contributed by atoms with van der Waals surface area (Å²) in [5.41, 5.74) is 1.31. The first-order valence-corrected chi connectivity index (χ1v) is 11.5. The van der Waals surface area contributed by atoms with E-state index in [0.717, 1.165) is 17.7 Å². The minimum atomic E-state index is -3.77. The summed E-state index contributed by atoms with van der Waals surface area (Å²) >= 11 is 0. The normalized spacial score (nSPS) is 11.6. The predicted molar refractivity (Wildman–Crippen MR) is 117 cm³/mol. The Morgan fingerprint density at radius 2 is 1.77 bits per heavy atom. The predicted octanol–water partition coefficient (Wildman–Crippen LogP) is 3.92. The summed E-state index contributed by atoms with van der Waals surface area (Å²) in [4.78, 5) is 4.51. The second-order valence-corrected chi connectivity index (χ2v) is 8.85. The first kappa shape index (κ1) is 22.8. The average Bonchev–Trinajstić information content (AvgIpc) is 3.26. The first-order valence-electron chi connectivity index (χ1n) is 10.1. The summed E-state index contributed by atoms with van der Waals surface area (Å²) < 4.78 is 44.1. The van der Waals surface area contributed by atoms with E-state index in [-0.39, 0.29) is 17.3 Å². The maximum absolute atomic E-state index is 13.4. The van der Waals surface area contributed by atoms with Gasteiger partial charge < -0.3 is 14.0 Å². The third-order valence-electron chi connectivity index (χ3n) is 4.85. The topological polar surface area (TPSA) is 94.8 Å². The van der Waals surface area contributed by atoms with Crippen molar-refractivity contribution in [3.05, 3.63) is 53.9 Å². The molecular weight excluding hydrogens is 418 g/mol. The number of nitrogens with zero attached hydrogens (tertiary/aromatic N) is 3. The van der Waals surface area contributed by atoms with Crippen LogP contribution in [0.5, 0.6) is 11.5 Å². The van der Waals surface area contributed by atoms with Gasteiger partial charge >= 0.3 is 0 Å². The van der Waals surface area contributed by atoms with E-state index in [9.17, 15) is 8.42 Å². The molecule has 0 aliphatic heterocycles. The van der Waals surface area contributed by atoms with Gasteiger partial charge in [-0.25, -0.2) is 8.42 Å². The molecule has 0 atom stereocenters. The largest absolute Gasteiger partial charge is 0.497 e. The number of hydrogen-bond donors (Lipinski definition) is 0. The molecule has 1 heterocycles. The van der Waals surface area contributed by atoms with Gasteiger partial charge in [0.05, 0.1) is 24.7 Å². The lowest BCUT2D eigenvalue weighted by Crippen LogP contribution is -2.30. The molecule has 0 spiro atoms. The van der Waals surface area contributed by atoms with Crippen LogP contribution >= 0.6 is 0 Å². The van der Waals surface area contributed by atoms with Crippen molar-refractivity contribution in [3.8, 4) is 23.0 Å². The van der Waals surface area contributed by atoms with E-state index >= 15 is 0 Å². The van der Waals surface area contributed by atoms with Crippen molar-refractivity contribution in [1.82, 2.24) is 14.4 Å². The fourth-order valence-corrected chi connectivity index (χ4v) is 4.62. The lowest BCUT2D eigenvalue weighted by molar-refractivity contribution is 0.401. The molecule has 0 unspecified atom stereocenters. The van der Waals surface area contributed by atoms with Crippen LogP contribution in [0.2, 0.25) is 0 Å². The van der Waals surface area contributed by atoms with E-state index in [1.54, 1.807) is 20.1 Å². The van der Waals surface area contributed by atoms with Gasteiger partial charge in [-0.1, -0.05) is 31.1 Å². The fourth-order valence-electron chi connectivity index (χ4n) is 3.15. The summed E-state index contributed by atoms with van der Waals surface area (Å²) in [5, 5.41) is 3.96. The number of aryl methyl sites for hydroxylation is 1. The van der Waals surface area contributed by atoms with Crippen molar-refractivity contribution < 1.29 is 22.4 Å². The molecule has 166 valence electrons. The van der Waals surface area contributed by atoms with Crippen molar-refractivity contribution >= 4 is 10.0 Å². The van der Waals surface area contributed by atoms with Crippen LogP contribution in [0.1, 0.15) is 31.7 Å². The summed E-state index contributed by atoms with van der Waals surface area (Å²) in [7, 11) is -0.664. The molecule has 0 fully saturated rings. The standard InChI is InChI=1S/C22H27N3O5S/c1-5-7-21-23-22(30-24-21)19-14-18(12-13-20(19)29-4)31(26,27)25(6-2)15-16-8-10-17(28-3)11-9-16/h8-14H,5-7,15H2,1-4H3. The molecule has 9 heteroatoms. The molecule has 31 heavy (non-hydrogen) atoms. The Bertz CT molecular complexity index is 1110. The maximum Gasteiger partial charge on any atom is 0.261 e. The van der Waals surface area contributed by atoms with Crippen LogP contribution in [0, 0.1) is 0 Å². The second kappa shape index (κ2) is 9.93. The van der Waals surface area contributed by atoms with Gasteiger partial charge in [-0.2, -0.15) is 9.29 Å². The summed E-state index contributed by atoms with van der Waals surface area (Å²) in [5.74, 6) is 1.98. The fraction of sp³-hybridized carbons (Fsp3) is 0.364. The van der Waals surface area contributed by atoms with Crippen LogP contribution < -0.4 is 9.47 Å². The van der Waals surface area contributed by atoms with E-state index < -0.39 is 10.0 Å². The molecule has 0 bridgehead atoms. The van der Waals surface area contributed by atoms with Gasteiger partial charge in [0, 0.05) is 19.5 Å². The third-order valence-corrected chi connectivity index (χ3v) is 6.77. The first-order chi connectivity index (χ1) is 14.9. The second-order valence-electron chi connectivity index (χ2n) is 6.91. The van der Waals surface area contributed by atoms with Crippen molar-refractivity contribution in [2.75, 3.05) is 20.8 Å². The van der Waals surface area contributed by atoms with Gasteiger partial charge in [-0.15, -0.1) is 0 Å². The minimum absolute atomic E-state index is 0.133. The number of rotatable bonds is 10. The zero-order valence-electron chi connectivity index (χ0n) is 18.2. The third kappa shape index (κ3) is 5.05. The van der Waals surface area contributed by atoms with Crippen LogP contribution in [0.3, 0.4) is 0 Å². The van der Waals surface area contributed by atoms with E-state index in [4.69, 9.17) is 14.0 Å². The number of methoxy groups -OCH3 is 2. The summed E-state index contributed by atoms with van der Waals surface area (Å²) in [6.07, 6.45) is 1.55. The Balaban J connectivity index is 1.94. The highest BCUT2D eigenvalue weighted by Crippen LogP contribution is 2.32. The molecule has 0 saturated carbocycles. The lowest BCUT2D eigenvalue weighted by atomic mass is 10.2. The average molecular weight is 446 g/mol. The van der Waals surface area contributed by atoms with Crippen LogP contribution in [0.4, 0.5) is 0 Å². The van der Waals surface area contributed by atoms with Gasteiger partial charge in [0.1, 0.15) is 11.5 Å². The zero-order chi connectivity index (χ0) is 22.4. The molecule has 1 aromatic heterocycles. The molecular formula is C22H27N3O5S. The molecule has 3 aromatic rings. The monoisotopic (exact) mass is 445 g/mol. The molecule has 0 saturated heterocycles. The van der Waals surface area contributed by atoms with Crippen molar-refractivity contribution in [2.24, 2.45) is 0 Å². The lowest BCUT2D eigenvalue weighted by Gasteiger charge is -2.21. The van der Waals surface area contributed by atoms with Crippen molar-refractivity contribution in [3.63, 3.8) is 0 Å². The highest BCUT2D eigenvalue weighted by atomic mass is 32.2. The van der Waals surface area contributed by atoms with Crippen LogP contribution in [-0.4, -0.2) is 43.6 Å². The zero-order valence-corrected chi connectivity index (χ0v) is 19.0. The number of ether oxygens (including phenoxy) is 2. The molecule has 3 rings (SSSR count). The Kier molecular flexibility index (Phi) is 7.29. The highest BCUT2D eigenvalue weighted by molar-refractivity contribution is 7.89. The Labute approximate surface area is 182 Å². The number of aromatic nitrogens is 2. The van der Waals surface area contributed by atoms with E-state index in [1.165, 1.54) is 23.5 Å². The van der Waals surface area contributed by atoms with Crippen LogP contribution in [0.25, 0.3) is 11.5 Å². The SMILES string of the molecule is CCCc1noc(-c2cc(S(=O)(=O)N(CC)Cc3ccc(OC)cc3)ccc2OC)n1. The highest BCUT2D eigenvalue weighted by Gasteiger charge is 2.26. The maximum atomic E-state index is 13.4. The number of hydrogen-bond acceptors (Lipinski definition) is 7. The van der Waals surface area contributed by atoms with E-state index in [0.29, 0.717) is 30.1 Å². The van der Waals surface area contributed by atoms with E-state index in [1.807, 2.05) is 31.2 Å². The van der Waals surface area contributed by atoms with Crippen molar-refractivity contribution in [1.29, 1.82) is 0 Å². The Hall–Kier alpha value is -2.91. The summed E-state index contributed by atoms with van der Waals surface area (Å²) in [6.45, 7) is 4.38. The van der Waals surface area contributed by atoms with Crippen molar-refractivity contribution in [2.45, 2.75) is 38.1 Å². The van der Waals surface area contributed by atoms with Gasteiger partial charge in [-0.05, 0) is 42.3 Å². The number of benzene rings is 2. The van der Waals surface area contributed by atoms with Crippen LogP contribution in [-0.2, 0) is 23.0 Å². The Morgan fingerprint density at radius 1 is 1.03 bits per heavy atom. The summed E-state index contributed by atoms with van der Waals surface area (Å²) in [6, 6.07) is 12.0. The molecule has 8 nitrogen and oxygen atoms in total. The van der Waals surface area contributed by atoms with Gasteiger partial charge in [0.15, 0.2) is 5.82 Å². The minimum Gasteiger partial charge on any atom is -0.497 e. The van der Waals surface area contributed by atoms with Gasteiger partial charge in [0.2, 0.25) is 10.0 Å². The smallest absolute Gasteiger partial charge is 0.261 e.